The zero-order valence-electron chi connectivity index (χ0n) is 29.3. The first-order chi connectivity index (χ1) is 25.5. The van der Waals surface area contributed by atoms with Gasteiger partial charge in [-0.2, -0.15) is 0 Å². The molecule has 1 nitrogen and oxygen atoms in total. The molecule has 0 saturated carbocycles. The molecule has 0 spiro atoms. The molecule has 0 heterocycles. The fourth-order valence-corrected chi connectivity index (χ4v) is 8.49. The van der Waals surface area contributed by atoms with E-state index in [9.17, 15) is 0 Å². The van der Waals surface area contributed by atoms with Crippen LogP contribution in [-0.4, -0.2) is 0 Å². The lowest BCUT2D eigenvalue weighted by atomic mass is 9.81. The van der Waals surface area contributed by atoms with Crippen LogP contribution in [0.1, 0.15) is 25.0 Å². The summed E-state index contributed by atoms with van der Waals surface area (Å²) in [6, 6.07) is 69.2. The number of anilines is 3. The SMILES string of the molecule is CC1(C)c2cc(-c3ccc(-c4ccccc4)cc3)ccc2-c2ccc(N(c3ccc4ccccc4c3)c3cc4ccccc4c4ccccc34)cc21. The van der Waals surface area contributed by atoms with Gasteiger partial charge in [0.2, 0.25) is 0 Å². The molecule has 0 bridgehead atoms. The second-order valence-electron chi connectivity index (χ2n) is 14.6. The number of hydrogen-bond acceptors (Lipinski definition) is 1. The minimum Gasteiger partial charge on any atom is -0.310 e. The maximum atomic E-state index is 2.47. The van der Waals surface area contributed by atoms with Gasteiger partial charge in [0.15, 0.2) is 0 Å². The Hall–Kier alpha value is -6.44. The van der Waals surface area contributed by atoms with E-state index in [0.717, 1.165) is 11.4 Å². The Morgan fingerprint density at radius 1 is 0.346 bits per heavy atom. The van der Waals surface area contributed by atoms with E-state index < -0.39 is 0 Å². The second kappa shape index (κ2) is 11.8. The Bertz CT molecular complexity index is 2810. The highest BCUT2D eigenvalue weighted by Crippen LogP contribution is 2.52. The van der Waals surface area contributed by atoms with Crippen LogP contribution < -0.4 is 4.90 Å². The standard InChI is InChI=1S/C51H37N/c1-51(2)48-31-39(37-22-20-36(21-23-37)34-12-4-3-5-13-34)25-28-45(48)46-29-27-42(33-49(46)51)52(41-26-24-35-14-6-7-15-38(35)30-41)50-32-40-16-8-9-17-43(40)44-18-10-11-19-47(44)50/h3-33H,1-2H3. The van der Waals surface area contributed by atoms with Gasteiger partial charge in [-0.1, -0.05) is 166 Å². The van der Waals surface area contributed by atoms with Crippen molar-refractivity contribution in [1.29, 1.82) is 0 Å². The van der Waals surface area contributed by atoms with Crippen molar-refractivity contribution >= 4 is 49.4 Å². The Labute approximate surface area is 305 Å². The van der Waals surface area contributed by atoms with Crippen LogP contribution in [0.5, 0.6) is 0 Å². The van der Waals surface area contributed by atoms with Crippen molar-refractivity contribution in [3.63, 3.8) is 0 Å². The largest absolute Gasteiger partial charge is 0.310 e. The highest BCUT2D eigenvalue weighted by molar-refractivity contribution is 6.14. The predicted octanol–water partition coefficient (Wildman–Crippen LogP) is 14.3. The van der Waals surface area contributed by atoms with Crippen molar-refractivity contribution < 1.29 is 0 Å². The summed E-state index contributed by atoms with van der Waals surface area (Å²) in [7, 11) is 0. The van der Waals surface area contributed by atoms with Gasteiger partial charge in [-0.25, -0.2) is 0 Å². The van der Waals surface area contributed by atoms with Gasteiger partial charge in [0.1, 0.15) is 0 Å². The monoisotopic (exact) mass is 663 g/mol. The Morgan fingerprint density at radius 2 is 0.865 bits per heavy atom. The van der Waals surface area contributed by atoms with Gasteiger partial charge in [0.05, 0.1) is 5.69 Å². The van der Waals surface area contributed by atoms with Gasteiger partial charge in [-0.15, -0.1) is 0 Å². The van der Waals surface area contributed by atoms with Crippen LogP contribution in [0.3, 0.4) is 0 Å². The van der Waals surface area contributed by atoms with Crippen molar-refractivity contribution in [3.8, 4) is 33.4 Å². The summed E-state index contributed by atoms with van der Waals surface area (Å²) >= 11 is 0. The van der Waals surface area contributed by atoms with Gasteiger partial charge in [-0.3, -0.25) is 0 Å². The van der Waals surface area contributed by atoms with Crippen LogP contribution in [-0.2, 0) is 5.41 Å². The summed E-state index contributed by atoms with van der Waals surface area (Å²) in [5.41, 5.74) is 13.6. The van der Waals surface area contributed by atoms with Gasteiger partial charge in [0, 0.05) is 22.2 Å². The molecule has 0 unspecified atom stereocenters. The average Bonchev–Trinajstić information content (AvgIpc) is 3.43. The van der Waals surface area contributed by atoms with Crippen molar-refractivity contribution in [1.82, 2.24) is 0 Å². The number of fused-ring (bicyclic) bond motifs is 7. The van der Waals surface area contributed by atoms with E-state index in [4.69, 9.17) is 0 Å². The molecule has 246 valence electrons. The Kier molecular flexibility index (Phi) is 6.91. The lowest BCUT2D eigenvalue weighted by molar-refractivity contribution is 0.660. The quantitative estimate of drug-likeness (QED) is 0.166. The molecule has 10 rings (SSSR count). The van der Waals surface area contributed by atoms with Gasteiger partial charge >= 0.3 is 0 Å². The van der Waals surface area contributed by atoms with Crippen molar-refractivity contribution in [2.45, 2.75) is 19.3 Å². The van der Waals surface area contributed by atoms with Crippen LogP contribution in [0.25, 0.3) is 65.7 Å². The average molecular weight is 664 g/mol. The van der Waals surface area contributed by atoms with E-state index in [1.165, 1.54) is 82.5 Å². The van der Waals surface area contributed by atoms with Gasteiger partial charge < -0.3 is 4.90 Å². The Balaban J connectivity index is 1.11. The molecule has 0 saturated heterocycles. The number of hydrogen-bond donors (Lipinski definition) is 0. The maximum absolute atomic E-state index is 2.47. The van der Waals surface area contributed by atoms with Crippen LogP contribution in [0.2, 0.25) is 0 Å². The first-order valence-electron chi connectivity index (χ1n) is 18.2. The van der Waals surface area contributed by atoms with Crippen molar-refractivity contribution in [2.75, 3.05) is 4.90 Å². The number of nitrogens with zero attached hydrogens (tertiary/aromatic N) is 1. The summed E-state index contributed by atoms with van der Waals surface area (Å²) in [5.74, 6) is 0. The molecule has 0 atom stereocenters. The van der Waals surface area contributed by atoms with E-state index in [1.807, 2.05) is 0 Å². The molecular weight excluding hydrogens is 627 g/mol. The topological polar surface area (TPSA) is 3.24 Å². The minimum absolute atomic E-state index is 0.179. The maximum Gasteiger partial charge on any atom is 0.0546 e. The molecular formula is C51H37N. The summed E-state index contributed by atoms with van der Waals surface area (Å²) in [6.45, 7) is 4.77. The third kappa shape index (κ3) is 4.85. The highest BCUT2D eigenvalue weighted by atomic mass is 15.1. The molecule has 0 amide bonds. The van der Waals surface area contributed by atoms with Crippen molar-refractivity contribution in [2.24, 2.45) is 0 Å². The minimum atomic E-state index is -0.179. The third-order valence-electron chi connectivity index (χ3n) is 11.2. The summed E-state index contributed by atoms with van der Waals surface area (Å²) in [5, 5.41) is 7.48. The normalized spacial score (nSPS) is 13.0. The predicted molar refractivity (Wildman–Crippen MR) is 222 cm³/mol. The molecule has 0 aromatic heterocycles. The first kappa shape index (κ1) is 30.4. The summed E-state index contributed by atoms with van der Waals surface area (Å²) in [6.07, 6.45) is 0. The lowest BCUT2D eigenvalue weighted by Gasteiger charge is -2.30. The molecule has 9 aromatic carbocycles. The van der Waals surface area contributed by atoms with Gasteiger partial charge in [0.25, 0.3) is 0 Å². The van der Waals surface area contributed by atoms with E-state index in [2.05, 4.69) is 207 Å². The van der Waals surface area contributed by atoms with E-state index in [1.54, 1.807) is 0 Å². The molecule has 0 radical (unpaired) electrons. The molecule has 1 aliphatic carbocycles. The van der Waals surface area contributed by atoms with E-state index in [0.29, 0.717) is 0 Å². The first-order valence-corrected chi connectivity index (χ1v) is 18.2. The van der Waals surface area contributed by atoms with Crippen LogP contribution >= 0.6 is 0 Å². The highest BCUT2D eigenvalue weighted by Gasteiger charge is 2.36. The molecule has 0 fully saturated rings. The fourth-order valence-electron chi connectivity index (χ4n) is 8.49. The second-order valence-corrected chi connectivity index (χ2v) is 14.6. The molecule has 1 heteroatoms. The zero-order chi connectivity index (χ0) is 34.8. The fraction of sp³-hybridized carbons (Fsp3) is 0.0588. The zero-order valence-corrected chi connectivity index (χ0v) is 29.3. The molecule has 0 N–H and O–H groups in total. The summed E-state index contributed by atoms with van der Waals surface area (Å²) in [4.78, 5) is 2.47. The molecule has 9 aromatic rings. The molecule has 0 aliphatic heterocycles. The van der Waals surface area contributed by atoms with Gasteiger partial charge in [-0.05, 0) is 108 Å². The Morgan fingerprint density at radius 3 is 1.63 bits per heavy atom. The van der Waals surface area contributed by atoms with E-state index >= 15 is 0 Å². The lowest BCUT2D eigenvalue weighted by Crippen LogP contribution is -2.17. The third-order valence-corrected chi connectivity index (χ3v) is 11.2. The molecule has 52 heavy (non-hydrogen) atoms. The van der Waals surface area contributed by atoms with Crippen LogP contribution in [0.15, 0.2) is 188 Å². The van der Waals surface area contributed by atoms with Crippen LogP contribution in [0.4, 0.5) is 17.1 Å². The van der Waals surface area contributed by atoms with E-state index in [-0.39, 0.29) is 5.41 Å². The number of benzene rings is 9. The van der Waals surface area contributed by atoms with Crippen LogP contribution in [0, 0.1) is 0 Å². The number of rotatable bonds is 5. The smallest absolute Gasteiger partial charge is 0.0546 e. The molecule has 1 aliphatic rings. The summed E-state index contributed by atoms with van der Waals surface area (Å²) < 4.78 is 0. The van der Waals surface area contributed by atoms with Crippen molar-refractivity contribution in [3.05, 3.63) is 199 Å².